The first-order valence-corrected chi connectivity index (χ1v) is 9.90. The van der Waals surface area contributed by atoms with E-state index in [0.29, 0.717) is 6.54 Å². The smallest absolute Gasteiger partial charge is 0.414 e. The van der Waals surface area contributed by atoms with Crippen molar-refractivity contribution in [3.8, 4) is 0 Å². The van der Waals surface area contributed by atoms with Gasteiger partial charge < -0.3 is 10.1 Å². The molecule has 5 nitrogen and oxygen atoms in total. The fraction of sp³-hybridized carbons (Fsp3) is 0.524. The zero-order valence-corrected chi connectivity index (χ0v) is 15.3. The average molecular weight is 352 g/mol. The van der Waals surface area contributed by atoms with Gasteiger partial charge in [-0.25, -0.2) is 9.37 Å². The number of hydrogen-bond acceptors (Lipinski definition) is 3. The van der Waals surface area contributed by atoms with Crippen molar-refractivity contribution in [3.63, 3.8) is 0 Å². The summed E-state index contributed by atoms with van der Waals surface area (Å²) in [5, 5.41) is 3.49. The van der Waals surface area contributed by atoms with Crippen LogP contribution >= 0.6 is 0 Å². The lowest BCUT2D eigenvalue weighted by atomic mass is 10.0. The molecule has 26 heavy (non-hydrogen) atoms. The van der Waals surface area contributed by atoms with E-state index in [2.05, 4.69) is 47.4 Å². The van der Waals surface area contributed by atoms with E-state index < -0.39 is 0 Å². The molecule has 5 heteroatoms. The van der Waals surface area contributed by atoms with Crippen LogP contribution in [0.25, 0.3) is 5.57 Å². The highest BCUT2D eigenvalue weighted by Gasteiger charge is 2.37. The lowest BCUT2D eigenvalue weighted by Gasteiger charge is -2.34. The van der Waals surface area contributed by atoms with Gasteiger partial charge in [-0.1, -0.05) is 6.07 Å². The summed E-state index contributed by atoms with van der Waals surface area (Å²) in [4.78, 5) is 14.6. The Morgan fingerprint density at radius 3 is 2.73 bits per heavy atom. The van der Waals surface area contributed by atoms with Crippen LogP contribution in [0.2, 0.25) is 0 Å². The number of rotatable bonds is 3. The van der Waals surface area contributed by atoms with Crippen LogP contribution in [-0.2, 0) is 4.74 Å². The van der Waals surface area contributed by atoms with Gasteiger partial charge in [-0.05, 0) is 50.3 Å². The molecule has 1 N–H and O–H groups in total. The predicted molar refractivity (Wildman–Crippen MR) is 103 cm³/mol. The van der Waals surface area contributed by atoms with Crippen LogP contribution in [0, 0.1) is 0 Å². The predicted octanol–water partition coefficient (Wildman–Crippen LogP) is 3.99. The van der Waals surface area contributed by atoms with Gasteiger partial charge in [0.25, 0.3) is 0 Å². The van der Waals surface area contributed by atoms with Gasteiger partial charge in [-0.2, -0.15) is 0 Å². The van der Waals surface area contributed by atoms with Crippen molar-refractivity contribution in [1.82, 2.24) is 0 Å². The number of nitrogens with one attached hydrogen (secondary N) is 1. The molecular weight excluding hydrogens is 326 g/mol. The summed E-state index contributed by atoms with van der Waals surface area (Å²) < 4.78 is 8.09. The standard InChI is InChI=1S/C21H26N3O2/c1-14-11-24(21(25)26-18-4-2-3-5-18)20-10-15(6-9-19(20)22-14)16-12-23(13-16)17-7-8-17/h6,9-10,12-14,17-18,22H,2-5,7-8,11H2,1H3/q+1. The van der Waals surface area contributed by atoms with E-state index in [9.17, 15) is 4.79 Å². The highest BCUT2D eigenvalue weighted by atomic mass is 16.6. The molecule has 0 bridgehead atoms. The first-order valence-electron chi connectivity index (χ1n) is 9.90. The Kier molecular flexibility index (Phi) is 3.76. The van der Waals surface area contributed by atoms with Gasteiger partial charge >= 0.3 is 6.09 Å². The van der Waals surface area contributed by atoms with Crippen molar-refractivity contribution in [2.45, 2.75) is 63.6 Å². The van der Waals surface area contributed by atoms with Crippen molar-refractivity contribution >= 4 is 29.3 Å². The molecule has 2 saturated carbocycles. The van der Waals surface area contributed by atoms with Gasteiger partial charge in [0.15, 0.2) is 18.5 Å². The Morgan fingerprint density at radius 2 is 2.00 bits per heavy atom. The molecule has 136 valence electrons. The molecular formula is C21H26N3O2+. The number of fused-ring (bicyclic) bond motifs is 1. The van der Waals surface area contributed by atoms with Crippen LogP contribution in [-0.4, -0.2) is 41.6 Å². The number of anilines is 2. The molecule has 1 amide bonds. The number of amides is 1. The molecule has 0 saturated heterocycles. The van der Waals surface area contributed by atoms with Gasteiger partial charge in [0.1, 0.15) is 11.7 Å². The first-order chi connectivity index (χ1) is 12.7. The van der Waals surface area contributed by atoms with Gasteiger partial charge in [-0.3, -0.25) is 4.90 Å². The number of hydrogen-bond donors (Lipinski definition) is 1. The van der Waals surface area contributed by atoms with Crippen molar-refractivity contribution in [2.24, 2.45) is 0 Å². The molecule has 1 unspecified atom stereocenters. The maximum atomic E-state index is 12.8. The monoisotopic (exact) mass is 352 g/mol. The maximum absolute atomic E-state index is 12.8. The Balaban J connectivity index is 1.39. The molecule has 0 aromatic heterocycles. The summed E-state index contributed by atoms with van der Waals surface area (Å²) in [6.07, 6.45) is 11.3. The largest absolute Gasteiger partial charge is 0.446 e. The lowest BCUT2D eigenvalue weighted by molar-refractivity contribution is -0.474. The number of carbonyl (C=O) groups excluding carboxylic acids is 1. The number of allylic oxidation sites excluding steroid dienone is 1. The number of carbonyl (C=O) groups is 1. The van der Waals surface area contributed by atoms with Crippen molar-refractivity contribution in [1.29, 1.82) is 0 Å². The SMILES string of the molecule is CC1CN(C(=O)OC2CCCC2)c2cc(C3=C[N+](C4CC4)=C3)ccc2N1. The van der Waals surface area contributed by atoms with Crippen LogP contribution in [0.3, 0.4) is 0 Å². The van der Waals surface area contributed by atoms with E-state index in [1.165, 1.54) is 18.4 Å². The molecule has 5 rings (SSSR count). The van der Waals surface area contributed by atoms with Crippen molar-refractivity contribution in [3.05, 3.63) is 30.0 Å². The summed E-state index contributed by atoms with van der Waals surface area (Å²) in [6, 6.07) is 7.28. The normalized spacial score (nSPS) is 25.0. The van der Waals surface area contributed by atoms with E-state index in [4.69, 9.17) is 4.74 Å². The van der Waals surface area contributed by atoms with E-state index in [0.717, 1.165) is 48.7 Å². The van der Waals surface area contributed by atoms with Gasteiger partial charge in [0, 0.05) is 25.4 Å². The zero-order valence-electron chi connectivity index (χ0n) is 15.3. The molecule has 2 aliphatic heterocycles. The molecule has 1 aromatic rings. The Hall–Kier alpha value is -2.30. The summed E-state index contributed by atoms with van der Waals surface area (Å²) in [7, 11) is 0. The minimum atomic E-state index is -0.199. The third kappa shape index (κ3) is 2.89. The second kappa shape index (κ2) is 6.15. The van der Waals surface area contributed by atoms with E-state index in [1.54, 1.807) is 0 Å². The van der Waals surface area contributed by atoms with E-state index in [-0.39, 0.29) is 18.2 Å². The molecule has 1 aromatic carbocycles. The number of benzene rings is 1. The van der Waals surface area contributed by atoms with Gasteiger partial charge in [-0.15, -0.1) is 0 Å². The number of ether oxygens (including phenoxy) is 1. The van der Waals surface area contributed by atoms with Crippen LogP contribution in [0.5, 0.6) is 0 Å². The van der Waals surface area contributed by atoms with Crippen molar-refractivity contribution < 1.29 is 14.1 Å². The minimum absolute atomic E-state index is 0.0918. The topological polar surface area (TPSA) is 44.6 Å². The second-order valence-electron chi connectivity index (χ2n) is 8.07. The van der Waals surface area contributed by atoms with Crippen LogP contribution in [0.15, 0.2) is 24.4 Å². The molecule has 0 spiro atoms. The highest BCUT2D eigenvalue weighted by Crippen LogP contribution is 2.36. The average Bonchev–Trinajstić information content (AvgIpc) is 3.28. The summed E-state index contributed by atoms with van der Waals surface area (Å²) in [5.74, 6) is 0. The third-order valence-corrected chi connectivity index (χ3v) is 5.82. The van der Waals surface area contributed by atoms with Gasteiger partial charge in [0.05, 0.1) is 11.4 Å². The lowest BCUT2D eigenvalue weighted by Crippen LogP contribution is -2.44. The molecule has 2 heterocycles. The summed E-state index contributed by atoms with van der Waals surface area (Å²) in [6.45, 7) is 2.74. The summed E-state index contributed by atoms with van der Waals surface area (Å²) in [5.41, 5.74) is 4.34. The molecule has 4 aliphatic rings. The first kappa shape index (κ1) is 15.9. The minimum Gasteiger partial charge on any atom is -0.446 e. The summed E-state index contributed by atoms with van der Waals surface area (Å²) >= 11 is 0. The van der Waals surface area contributed by atoms with E-state index in [1.807, 2.05) is 4.90 Å². The Bertz CT molecular complexity index is 803. The Labute approximate surface area is 154 Å². The highest BCUT2D eigenvalue weighted by molar-refractivity contribution is 6.11. The molecule has 2 aliphatic carbocycles. The third-order valence-electron chi connectivity index (χ3n) is 5.82. The van der Waals surface area contributed by atoms with Crippen LogP contribution in [0.4, 0.5) is 16.2 Å². The number of nitrogens with zero attached hydrogens (tertiary/aromatic N) is 2. The zero-order chi connectivity index (χ0) is 17.7. The van der Waals surface area contributed by atoms with Crippen LogP contribution < -0.4 is 10.2 Å². The fourth-order valence-corrected chi connectivity index (χ4v) is 4.17. The Morgan fingerprint density at radius 1 is 1.23 bits per heavy atom. The maximum Gasteiger partial charge on any atom is 0.414 e. The molecule has 1 atom stereocenters. The second-order valence-corrected chi connectivity index (χ2v) is 8.07. The molecule has 0 radical (unpaired) electrons. The van der Waals surface area contributed by atoms with Crippen LogP contribution in [0.1, 0.15) is 51.0 Å². The van der Waals surface area contributed by atoms with Crippen molar-refractivity contribution in [2.75, 3.05) is 16.8 Å². The van der Waals surface area contributed by atoms with Gasteiger partial charge in [0.2, 0.25) is 0 Å². The van der Waals surface area contributed by atoms with E-state index >= 15 is 0 Å². The quantitative estimate of drug-likeness (QED) is 0.837. The molecule has 2 fully saturated rings. The fourth-order valence-electron chi connectivity index (χ4n) is 4.17.